The van der Waals surface area contributed by atoms with Gasteiger partial charge in [-0.1, -0.05) is 49.4 Å². The maximum absolute atomic E-state index is 11.1. The van der Waals surface area contributed by atoms with Crippen LogP contribution in [0.5, 0.6) is 0 Å². The zero-order valence-corrected chi connectivity index (χ0v) is 11.6. The number of aromatic carboxylic acids is 1. The van der Waals surface area contributed by atoms with E-state index in [9.17, 15) is 4.79 Å². The Hall–Kier alpha value is -2.13. The number of rotatable bonds is 6. The first-order chi connectivity index (χ1) is 9.70. The number of carbonyl (C=O) groups is 1. The first-order valence-corrected chi connectivity index (χ1v) is 6.80. The van der Waals surface area contributed by atoms with Crippen LogP contribution in [0, 0.1) is 0 Å². The van der Waals surface area contributed by atoms with Gasteiger partial charge in [0.05, 0.1) is 5.56 Å². The number of carboxylic acid groups (broad SMARTS) is 1. The number of aryl methyl sites for hydroxylation is 1. The molecule has 0 aliphatic rings. The van der Waals surface area contributed by atoms with Gasteiger partial charge in [-0.25, -0.2) is 4.79 Å². The van der Waals surface area contributed by atoms with Crippen molar-refractivity contribution in [2.24, 2.45) is 0 Å². The van der Waals surface area contributed by atoms with E-state index in [1.54, 1.807) is 12.1 Å². The Morgan fingerprint density at radius 2 is 1.65 bits per heavy atom. The minimum Gasteiger partial charge on any atom is -0.478 e. The first kappa shape index (κ1) is 14.3. The Bertz CT molecular complexity index is 576. The van der Waals surface area contributed by atoms with E-state index in [4.69, 9.17) is 5.11 Å². The minimum atomic E-state index is -0.880. The molecule has 0 radical (unpaired) electrons. The molecule has 0 atom stereocenters. The Morgan fingerprint density at radius 3 is 2.30 bits per heavy atom. The van der Waals surface area contributed by atoms with Crippen molar-refractivity contribution in [3.63, 3.8) is 0 Å². The van der Waals surface area contributed by atoms with Crippen molar-refractivity contribution in [3.05, 3.63) is 70.8 Å². The zero-order chi connectivity index (χ0) is 14.4. The quantitative estimate of drug-likeness (QED) is 0.846. The van der Waals surface area contributed by atoms with Gasteiger partial charge < -0.3 is 10.4 Å². The summed E-state index contributed by atoms with van der Waals surface area (Å²) in [6.07, 6.45) is 1.04. The highest BCUT2D eigenvalue weighted by atomic mass is 16.4. The summed E-state index contributed by atoms with van der Waals surface area (Å²) in [4.78, 5) is 11.1. The number of benzene rings is 2. The Morgan fingerprint density at radius 1 is 1.00 bits per heavy atom. The fraction of sp³-hybridized carbons (Fsp3) is 0.235. The summed E-state index contributed by atoms with van der Waals surface area (Å²) in [5, 5.41) is 12.4. The van der Waals surface area contributed by atoms with Crippen LogP contribution in [0.1, 0.15) is 34.0 Å². The van der Waals surface area contributed by atoms with Gasteiger partial charge in [0.1, 0.15) is 0 Å². The van der Waals surface area contributed by atoms with Crippen molar-refractivity contribution in [1.29, 1.82) is 0 Å². The second kappa shape index (κ2) is 6.87. The van der Waals surface area contributed by atoms with Crippen molar-refractivity contribution in [1.82, 2.24) is 5.32 Å². The van der Waals surface area contributed by atoms with Crippen LogP contribution in [0.25, 0.3) is 0 Å². The third kappa shape index (κ3) is 3.68. The van der Waals surface area contributed by atoms with Gasteiger partial charge in [-0.05, 0) is 29.2 Å². The van der Waals surface area contributed by atoms with Crippen LogP contribution in [-0.2, 0) is 19.5 Å². The predicted molar refractivity (Wildman–Crippen MR) is 79.8 cm³/mol. The average Bonchev–Trinajstić information content (AvgIpc) is 2.48. The van der Waals surface area contributed by atoms with Crippen LogP contribution in [0.3, 0.4) is 0 Å². The van der Waals surface area contributed by atoms with E-state index in [0.717, 1.165) is 18.5 Å². The van der Waals surface area contributed by atoms with E-state index < -0.39 is 5.97 Å². The van der Waals surface area contributed by atoms with Gasteiger partial charge in [0.2, 0.25) is 0 Å². The van der Waals surface area contributed by atoms with Gasteiger partial charge in [-0.3, -0.25) is 0 Å². The van der Waals surface area contributed by atoms with Gasteiger partial charge in [-0.15, -0.1) is 0 Å². The lowest BCUT2D eigenvalue weighted by molar-refractivity contribution is 0.0695. The molecule has 104 valence electrons. The van der Waals surface area contributed by atoms with E-state index in [0.29, 0.717) is 12.1 Å². The fourth-order valence-corrected chi connectivity index (χ4v) is 2.12. The third-order valence-corrected chi connectivity index (χ3v) is 3.32. The molecule has 0 amide bonds. The van der Waals surface area contributed by atoms with Gasteiger partial charge in [0, 0.05) is 13.1 Å². The molecule has 0 saturated carbocycles. The first-order valence-electron chi connectivity index (χ1n) is 6.80. The summed E-state index contributed by atoms with van der Waals surface area (Å²) in [6.45, 7) is 3.42. The third-order valence-electron chi connectivity index (χ3n) is 3.32. The summed E-state index contributed by atoms with van der Waals surface area (Å²) in [5.41, 5.74) is 3.70. The van der Waals surface area contributed by atoms with E-state index >= 15 is 0 Å². The largest absolute Gasteiger partial charge is 0.478 e. The normalized spacial score (nSPS) is 10.4. The topological polar surface area (TPSA) is 49.3 Å². The molecular weight excluding hydrogens is 250 g/mol. The van der Waals surface area contributed by atoms with E-state index in [-0.39, 0.29) is 0 Å². The molecule has 0 saturated heterocycles. The molecule has 0 spiro atoms. The smallest absolute Gasteiger partial charge is 0.336 e. The van der Waals surface area contributed by atoms with E-state index in [2.05, 4.69) is 36.5 Å². The van der Waals surface area contributed by atoms with Crippen LogP contribution in [0.2, 0.25) is 0 Å². The van der Waals surface area contributed by atoms with Gasteiger partial charge in [-0.2, -0.15) is 0 Å². The monoisotopic (exact) mass is 269 g/mol. The molecular formula is C17H19NO2. The lowest BCUT2D eigenvalue weighted by Crippen LogP contribution is -2.15. The van der Waals surface area contributed by atoms with Crippen LogP contribution >= 0.6 is 0 Å². The molecule has 0 fully saturated rings. The molecule has 0 aliphatic heterocycles. The van der Waals surface area contributed by atoms with Crippen LogP contribution in [0.4, 0.5) is 0 Å². The van der Waals surface area contributed by atoms with Crippen LogP contribution in [-0.4, -0.2) is 11.1 Å². The highest BCUT2D eigenvalue weighted by Crippen LogP contribution is 2.09. The molecule has 0 bridgehead atoms. The average molecular weight is 269 g/mol. The van der Waals surface area contributed by atoms with Crippen molar-refractivity contribution >= 4 is 5.97 Å². The molecule has 3 heteroatoms. The molecule has 3 nitrogen and oxygen atoms in total. The van der Waals surface area contributed by atoms with E-state index in [1.807, 2.05) is 12.1 Å². The molecule has 0 heterocycles. The standard InChI is InChI=1S/C17H19NO2/c1-2-13-7-9-14(10-8-13)11-18-12-15-5-3-4-6-16(15)17(19)20/h3-10,18H,2,11-12H2,1H3,(H,19,20). The minimum absolute atomic E-state index is 0.362. The predicted octanol–water partition coefficient (Wildman–Crippen LogP) is 3.24. The summed E-state index contributed by atoms with van der Waals surface area (Å²) in [6, 6.07) is 15.6. The zero-order valence-electron chi connectivity index (χ0n) is 11.6. The Kier molecular flexibility index (Phi) is 4.91. The molecule has 2 aromatic carbocycles. The van der Waals surface area contributed by atoms with Crippen LogP contribution in [0.15, 0.2) is 48.5 Å². The molecule has 2 N–H and O–H groups in total. The summed E-state index contributed by atoms with van der Waals surface area (Å²) >= 11 is 0. The summed E-state index contributed by atoms with van der Waals surface area (Å²) in [7, 11) is 0. The molecule has 20 heavy (non-hydrogen) atoms. The van der Waals surface area contributed by atoms with Gasteiger partial charge in [0.25, 0.3) is 0 Å². The summed E-state index contributed by atoms with van der Waals surface area (Å²) < 4.78 is 0. The summed E-state index contributed by atoms with van der Waals surface area (Å²) in [5.74, 6) is -0.880. The Labute approximate surface area is 119 Å². The van der Waals surface area contributed by atoms with Gasteiger partial charge in [0.15, 0.2) is 0 Å². The molecule has 2 aromatic rings. The lowest BCUT2D eigenvalue weighted by atomic mass is 10.1. The molecule has 0 unspecified atom stereocenters. The molecule has 0 aliphatic carbocycles. The van der Waals surface area contributed by atoms with Gasteiger partial charge >= 0.3 is 5.97 Å². The van der Waals surface area contributed by atoms with E-state index in [1.165, 1.54) is 11.1 Å². The number of hydrogen-bond acceptors (Lipinski definition) is 2. The van der Waals surface area contributed by atoms with Crippen molar-refractivity contribution in [3.8, 4) is 0 Å². The second-order valence-electron chi connectivity index (χ2n) is 4.74. The highest BCUT2D eigenvalue weighted by Gasteiger charge is 2.07. The van der Waals surface area contributed by atoms with Crippen LogP contribution < -0.4 is 5.32 Å². The fourth-order valence-electron chi connectivity index (χ4n) is 2.12. The number of nitrogens with one attached hydrogen (secondary N) is 1. The van der Waals surface area contributed by atoms with Crippen molar-refractivity contribution in [2.45, 2.75) is 26.4 Å². The van der Waals surface area contributed by atoms with Crippen molar-refractivity contribution in [2.75, 3.05) is 0 Å². The maximum atomic E-state index is 11.1. The second-order valence-corrected chi connectivity index (χ2v) is 4.74. The lowest BCUT2D eigenvalue weighted by Gasteiger charge is -2.08. The number of carboxylic acids is 1. The number of hydrogen-bond donors (Lipinski definition) is 2. The Balaban J connectivity index is 1.94. The van der Waals surface area contributed by atoms with Crippen molar-refractivity contribution < 1.29 is 9.90 Å². The molecule has 2 rings (SSSR count). The maximum Gasteiger partial charge on any atom is 0.336 e. The SMILES string of the molecule is CCc1ccc(CNCc2ccccc2C(=O)O)cc1. The highest BCUT2D eigenvalue weighted by molar-refractivity contribution is 5.89. The molecule has 0 aromatic heterocycles.